The lowest BCUT2D eigenvalue weighted by atomic mass is 9.99. The molecule has 1 aromatic heterocycles. The van der Waals surface area contributed by atoms with Crippen molar-refractivity contribution in [1.29, 1.82) is 0 Å². The molecule has 1 aromatic carbocycles. The van der Waals surface area contributed by atoms with Crippen molar-refractivity contribution < 1.29 is 9.53 Å². The van der Waals surface area contributed by atoms with Gasteiger partial charge in [-0.1, -0.05) is 37.1 Å². The Labute approximate surface area is 165 Å². The van der Waals surface area contributed by atoms with Crippen molar-refractivity contribution in [2.75, 3.05) is 13.1 Å². The number of carbonyl (C=O) groups excluding carboxylic acids is 1. The van der Waals surface area contributed by atoms with Crippen molar-refractivity contribution in [3.63, 3.8) is 0 Å². The molecule has 0 radical (unpaired) electrons. The molecule has 1 aliphatic carbocycles. The Morgan fingerprint density at radius 2 is 2.11 bits per heavy atom. The zero-order valence-electron chi connectivity index (χ0n) is 15.9. The van der Waals surface area contributed by atoms with E-state index in [0.717, 1.165) is 50.2 Å². The molecule has 5 nitrogen and oxygen atoms in total. The van der Waals surface area contributed by atoms with Crippen molar-refractivity contribution >= 4 is 17.5 Å². The third-order valence-electron chi connectivity index (χ3n) is 5.85. The van der Waals surface area contributed by atoms with Crippen molar-refractivity contribution in [2.45, 2.75) is 38.7 Å². The first-order valence-electron chi connectivity index (χ1n) is 9.80. The first-order valence-corrected chi connectivity index (χ1v) is 10.2. The van der Waals surface area contributed by atoms with Gasteiger partial charge in [-0.25, -0.2) is 0 Å². The van der Waals surface area contributed by atoms with E-state index < -0.39 is 0 Å². The molecule has 3 atom stereocenters. The fourth-order valence-corrected chi connectivity index (χ4v) is 4.68. The number of para-hydroxylation sites is 1. The number of aromatic nitrogens is 2. The molecular weight excluding hydrogens is 362 g/mol. The number of likely N-dealkylation sites (tertiary alicyclic amines) is 1. The van der Waals surface area contributed by atoms with E-state index in [-0.39, 0.29) is 12.0 Å². The van der Waals surface area contributed by atoms with Crippen LogP contribution in [0.15, 0.2) is 30.3 Å². The number of benzene rings is 1. The number of fused-ring (bicyclic) bond motifs is 1. The third kappa shape index (κ3) is 3.57. The number of rotatable bonds is 5. The van der Waals surface area contributed by atoms with E-state index in [1.807, 2.05) is 42.3 Å². The number of aryl methyl sites for hydroxylation is 2. The van der Waals surface area contributed by atoms with Crippen molar-refractivity contribution in [3.05, 3.63) is 46.7 Å². The average Bonchev–Trinajstić information content (AvgIpc) is 3.32. The van der Waals surface area contributed by atoms with Gasteiger partial charge in [0, 0.05) is 26.1 Å². The van der Waals surface area contributed by atoms with Gasteiger partial charge in [-0.3, -0.25) is 9.48 Å². The molecule has 2 aromatic rings. The Morgan fingerprint density at radius 1 is 1.30 bits per heavy atom. The minimum Gasteiger partial charge on any atom is -0.489 e. The molecule has 1 saturated heterocycles. The number of halogens is 1. The smallest absolute Gasteiger partial charge is 0.272 e. The summed E-state index contributed by atoms with van der Waals surface area (Å²) >= 11 is 6.25. The van der Waals surface area contributed by atoms with Gasteiger partial charge in [0.1, 0.15) is 17.5 Å². The molecule has 4 rings (SSSR count). The molecule has 144 valence electrons. The minimum absolute atomic E-state index is 0.0817. The number of hydrogen-bond acceptors (Lipinski definition) is 3. The average molecular weight is 388 g/mol. The first-order chi connectivity index (χ1) is 13.1. The van der Waals surface area contributed by atoms with E-state index in [4.69, 9.17) is 16.3 Å². The van der Waals surface area contributed by atoms with Gasteiger partial charge in [-0.05, 0) is 43.4 Å². The summed E-state index contributed by atoms with van der Waals surface area (Å²) in [5.74, 6) is 1.70. The summed E-state index contributed by atoms with van der Waals surface area (Å²) in [6.45, 7) is 3.67. The minimum atomic E-state index is 0.0817. The molecular formula is C21H26ClN3O2. The summed E-state index contributed by atoms with van der Waals surface area (Å²) in [6.07, 6.45) is 4.17. The number of amides is 1. The quantitative estimate of drug-likeness (QED) is 0.780. The summed E-state index contributed by atoms with van der Waals surface area (Å²) in [5.41, 5.74) is 1.67. The predicted molar refractivity (Wildman–Crippen MR) is 105 cm³/mol. The van der Waals surface area contributed by atoms with Crippen LogP contribution in [-0.2, 0) is 13.5 Å². The van der Waals surface area contributed by atoms with E-state index in [1.54, 1.807) is 4.68 Å². The monoisotopic (exact) mass is 387 g/mol. The predicted octanol–water partition coefficient (Wildman–Crippen LogP) is 3.96. The van der Waals surface area contributed by atoms with Gasteiger partial charge in [-0.15, -0.1) is 0 Å². The Kier molecular flexibility index (Phi) is 5.13. The molecule has 6 heteroatoms. The number of ether oxygens (including phenoxy) is 1. The summed E-state index contributed by atoms with van der Waals surface area (Å²) in [6, 6.07) is 9.55. The Balaban J connectivity index is 1.45. The molecule has 0 spiro atoms. The highest BCUT2D eigenvalue weighted by Crippen LogP contribution is 2.41. The Hall–Kier alpha value is -2.01. The van der Waals surface area contributed by atoms with E-state index in [2.05, 4.69) is 12.0 Å². The van der Waals surface area contributed by atoms with Crippen LogP contribution in [0.5, 0.6) is 5.75 Å². The summed E-state index contributed by atoms with van der Waals surface area (Å²) in [7, 11) is 1.85. The molecule has 2 aliphatic rings. The molecule has 1 aliphatic heterocycles. The molecule has 2 fully saturated rings. The normalized spacial score (nSPS) is 24.3. The van der Waals surface area contributed by atoms with Crippen LogP contribution in [0.2, 0.25) is 5.02 Å². The zero-order chi connectivity index (χ0) is 19.0. The standard InChI is InChI=1S/C21H26ClN3O2/c1-3-6-15-11-18(24(2)23-15)21(26)25-12-14-9-10-19(16(14)13-25)27-20-8-5-4-7-17(20)22/h4-5,7-8,11,14,16,19H,3,6,9-10,12-13H2,1-2H3/t14-,16+,19-/m0/s1. The fourth-order valence-electron chi connectivity index (χ4n) is 4.50. The highest BCUT2D eigenvalue weighted by molar-refractivity contribution is 6.32. The van der Waals surface area contributed by atoms with Gasteiger partial charge < -0.3 is 9.64 Å². The van der Waals surface area contributed by atoms with Crippen LogP contribution in [0.3, 0.4) is 0 Å². The van der Waals surface area contributed by atoms with Crippen molar-refractivity contribution in [2.24, 2.45) is 18.9 Å². The maximum Gasteiger partial charge on any atom is 0.272 e. The third-order valence-corrected chi connectivity index (χ3v) is 6.16. The van der Waals surface area contributed by atoms with Crippen molar-refractivity contribution in [3.8, 4) is 5.75 Å². The molecule has 1 amide bonds. The van der Waals surface area contributed by atoms with E-state index >= 15 is 0 Å². The fraction of sp³-hybridized carbons (Fsp3) is 0.524. The largest absolute Gasteiger partial charge is 0.489 e. The summed E-state index contributed by atoms with van der Waals surface area (Å²) < 4.78 is 7.95. The lowest BCUT2D eigenvalue weighted by Crippen LogP contribution is -2.33. The van der Waals surface area contributed by atoms with E-state index in [9.17, 15) is 4.79 Å². The lowest BCUT2D eigenvalue weighted by Gasteiger charge is -2.22. The number of nitrogens with zero attached hydrogens (tertiary/aromatic N) is 3. The number of hydrogen-bond donors (Lipinski definition) is 0. The van der Waals surface area contributed by atoms with Crippen LogP contribution in [0.25, 0.3) is 0 Å². The van der Waals surface area contributed by atoms with Crippen LogP contribution >= 0.6 is 11.6 Å². The molecule has 0 N–H and O–H groups in total. The summed E-state index contributed by atoms with van der Waals surface area (Å²) in [5, 5.41) is 5.12. The lowest BCUT2D eigenvalue weighted by molar-refractivity contribution is 0.0751. The second-order valence-electron chi connectivity index (χ2n) is 7.69. The maximum atomic E-state index is 13.0. The second-order valence-corrected chi connectivity index (χ2v) is 8.10. The second kappa shape index (κ2) is 7.55. The van der Waals surface area contributed by atoms with Gasteiger partial charge in [-0.2, -0.15) is 5.10 Å². The van der Waals surface area contributed by atoms with Crippen molar-refractivity contribution in [1.82, 2.24) is 14.7 Å². The summed E-state index contributed by atoms with van der Waals surface area (Å²) in [4.78, 5) is 15.0. The highest BCUT2D eigenvalue weighted by atomic mass is 35.5. The first kappa shape index (κ1) is 18.4. The van der Waals surface area contributed by atoms with Crippen LogP contribution in [0, 0.1) is 11.8 Å². The van der Waals surface area contributed by atoms with E-state index in [1.165, 1.54) is 0 Å². The molecule has 0 unspecified atom stereocenters. The molecule has 0 bridgehead atoms. The Bertz CT molecular complexity index is 835. The Morgan fingerprint density at radius 3 is 2.89 bits per heavy atom. The highest BCUT2D eigenvalue weighted by Gasteiger charge is 2.45. The SMILES string of the molecule is CCCc1cc(C(=O)N2C[C@@H]3CC[C@H](Oc4ccccc4Cl)[C@@H]3C2)n(C)n1. The van der Waals surface area contributed by atoms with Crippen LogP contribution in [0.1, 0.15) is 42.4 Å². The zero-order valence-corrected chi connectivity index (χ0v) is 16.7. The van der Waals surface area contributed by atoms with Gasteiger partial charge in [0.05, 0.1) is 10.7 Å². The van der Waals surface area contributed by atoms with Gasteiger partial charge in [0.25, 0.3) is 5.91 Å². The van der Waals surface area contributed by atoms with E-state index in [0.29, 0.717) is 22.6 Å². The molecule has 2 heterocycles. The molecule has 1 saturated carbocycles. The van der Waals surface area contributed by atoms with Crippen LogP contribution < -0.4 is 4.74 Å². The number of carbonyl (C=O) groups is 1. The van der Waals surface area contributed by atoms with Crippen LogP contribution in [0.4, 0.5) is 0 Å². The topological polar surface area (TPSA) is 47.4 Å². The maximum absolute atomic E-state index is 13.0. The van der Waals surface area contributed by atoms with Gasteiger partial charge in [0.15, 0.2) is 0 Å². The van der Waals surface area contributed by atoms with Crippen LogP contribution in [-0.4, -0.2) is 39.8 Å². The molecule has 27 heavy (non-hydrogen) atoms. The van der Waals surface area contributed by atoms with Gasteiger partial charge >= 0.3 is 0 Å². The van der Waals surface area contributed by atoms with Gasteiger partial charge in [0.2, 0.25) is 0 Å².